The van der Waals surface area contributed by atoms with E-state index in [-0.39, 0.29) is 5.91 Å². The zero-order valence-electron chi connectivity index (χ0n) is 10.2. The molecular formula is C11H23N3O2. The molecule has 0 aliphatic rings. The van der Waals surface area contributed by atoms with Crippen LogP contribution in [0.1, 0.15) is 39.5 Å². The number of amides is 2. The fourth-order valence-electron chi connectivity index (χ4n) is 1.29. The van der Waals surface area contributed by atoms with Gasteiger partial charge in [-0.3, -0.25) is 9.59 Å². The number of carbonyl (C=O) groups excluding carboxylic acids is 2. The van der Waals surface area contributed by atoms with E-state index >= 15 is 0 Å². The lowest BCUT2D eigenvalue weighted by molar-refractivity contribution is -0.127. The summed E-state index contributed by atoms with van der Waals surface area (Å²) in [5.41, 5.74) is 10.5. The minimum atomic E-state index is -0.580. The fourth-order valence-corrected chi connectivity index (χ4v) is 1.29. The second kappa shape index (κ2) is 8.10. The Kier molecular flexibility index (Phi) is 7.54. The Morgan fingerprint density at radius 1 is 1.25 bits per heavy atom. The lowest BCUT2D eigenvalue weighted by Crippen LogP contribution is -2.44. The van der Waals surface area contributed by atoms with E-state index in [1.165, 1.54) is 0 Å². The molecule has 94 valence electrons. The third-order valence-electron chi connectivity index (χ3n) is 2.32. The van der Waals surface area contributed by atoms with E-state index in [0.29, 0.717) is 31.7 Å². The van der Waals surface area contributed by atoms with Gasteiger partial charge in [0.2, 0.25) is 11.8 Å². The molecule has 5 nitrogen and oxygen atoms in total. The highest BCUT2D eigenvalue weighted by Crippen LogP contribution is 2.04. The molecule has 16 heavy (non-hydrogen) atoms. The van der Waals surface area contributed by atoms with E-state index < -0.39 is 11.9 Å². The second-order valence-corrected chi connectivity index (χ2v) is 4.39. The van der Waals surface area contributed by atoms with E-state index in [1.54, 1.807) is 0 Å². The van der Waals surface area contributed by atoms with Crippen LogP contribution in [0.15, 0.2) is 0 Å². The van der Waals surface area contributed by atoms with Gasteiger partial charge in [-0.1, -0.05) is 13.8 Å². The lowest BCUT2D eigenvalue weighted by Gasteiger charge is -2.15. The van der Waals surface area contributed by atoms with Crippen molar-refractivity contribution in [1.82, 2.24) is 5.32 Å². The molecule has 0 aromatic rings. The Morgan fingerprint density at radius 2 is 1.88 bits per heavy atom. The first-order chi connectivity index (χ1) is 7.47. The van der Waals surface area contributed by atoms with Crippen LogP contribution in [-0.4, -0.2) is 24.4 Å². The van der Waals surface area contributed by atoms with Gasteiger partial charge in [0.25, 0.3) is 0 Å². The molecule has 0 unspecified atom stereocenters. The summed E-state index contributed by atoms with van der Waals surface area (Å²) in [5, 5.41) is 2.64. The number of hydrogen-bond donors (Lipinski definition) is 3. The van der Waals surface area contributed by atoms with Crippen molar-refractivity contribution < 1.29 is 9.59 Å². The quantitative estimate of drug-likeness (QED) is 0.551. The number of rotatable bonds is 8. The summed E-state index contributed by atoms with van der Waals surface area (Å²) in [7, 11) is 0. The summed E-state index contributed by atoms with van der Waals surface area (Å²) >= 11 is 0. The molecule has 0 saturated carbocycles. The summed E-state index contributed by atoms with van der Waals surface area (Å²) in [6.45, 7) is 4.59. The predicted molar refractivity (Wildman–Crippen MR) is 63.5 cm³/mol. The van der Waals surface area contributed by atoms with Crippen molar-refractivity contribution in [3.63, 3.8) is 0 Å². The second-order valence-electron chi connectivity index (χ2n) is 4.39. The molecule has 5 heteroatoms. The molecule has 0 saturated heterocycles. The van der Waals surface area contributed by atoms with Crippen molar-refractivity contribution in [3.05, 3.63) is 0 Å². The van der Waals surface area contributed by atoms with Gasteiger partial charge in [0.1, 0.15) is 6.04 Å². The van der Waals surface area contributed by atoms with E-state index in [4.69, 9.17) is 11.5 Å². The maximum Gasteiger partial charge on any atom is 0.240 e. The van der Waals surface area contributed by atoms with Gasteiger partial charge in [-0.25, -0.2) is 0 Å². The highest BCUT2D eigenvalue weighted by atomic mass is 16.2. The average molecular weight is 229 g/mol. The molecule has 2 amide bonds. The smallest absolute Gasteiger partial charge is 0.240 e. The number of carbonyl (C=O) groups is 2. The molecule has 1 atom stereocenters. The van der Waals surface area contributed by atoms with E-state index in [1.807, 2.05) is 13.8 Å². The SMILES string of the molecule is CC(C)CCC(=O)N[C@@H](CCCN)C(N)=O. The van der Waals surface area contributed by atoms with Crippen molar-refractivity contribution in [1.29, 1.82) is 0 Å². The number of nitrogens with two attached hydrogens (primary N) is 2. The molecule has 0 heterocycles. The summed E-state index contributed by atoms with van der Waals surface area (Å²) in [5.74, 6) is -0.136. The summed E-state index contributed by atoms with van der Waals surface area (Å²) in [6.07, 6.45) is 2.44. The van der Waals surface area contributed by atoms with Gasteiger partial charge in [-0.15, -0.1) is 0 Å². The Balaban J connectivity index is 3.98. The normalized spacial score (nSPS) is 12.5. The van der Waals surface area contributed by atoms with Crippen molar-refractivity contribution in [2.75, 3.05) is 6.54 Å². The first kappa shape index (κ1) is 14.9. The number of hydrogen-bond acceptors (Lipinski definition) is 3. The van der Waals surface area contributed by atoms with Crippen LogP contribution in [-0.2, 0) is 9.59 Å². The van der Waals surface area contributed by atoms with Crippen LogP contribution in [0.25, 0.3) is 0 Å². The summed E-state index contributed by atoms with van der Waals surface area (Å²) in [4.78, 5) is 22.5. The fraction of sp³-hybridized carbons (Fsp3) is 0.818. The van der Waals surface area contributed by atoms with E-state index in [2.05, 4.69) is 5.32 Å². The Labute approximate surface area is 96.9 Å². The largest absolute Gasteiger partial charge is 0.368 e. The van der Waals surface area contributed by atoms with Crippen LogP contribution >= 0.6 is 0 Å². The van der Waals surface area contributed by atoms with Crippen molar-refractivity contribution in [2.24, 2.45) is 17.4 Å². The molecule has 0 aromatic heterocycles. The van der Waals surface area contributed by atoms with Crippen molar-refractivity contribution in [2.45, 2.75) is 45.6 Å². The van der Waals surface area contributed by atoms with Gasteiger partial charge in [-0.2, -0.15) is 0 Å². The van der Waals surface area contributed by atoms with Crippen molar-refractivity contribution in [3.8, 4) is 0 Å². The standard InChI is InChI=1S/C11H23N3O2/c1-8(2)5-6-10(15)14-9(11(13)16)4-3-7-12/h8-9H,3-7,12H2,1-2H3,(H2,13,16)(H,14,15)/t9-/m0/s1. The molecular weight excluding hydrogens is 206 g/mol. The number of nitrogens with one attached hydrogen (secondary N) is 1. The minimum Gasteiger partial charge on any atom is -0.368 e. The summed E-state index contributed by atoms with van der Waals surface area (Å²) in [6, 6.07) is -0.580. The molecule has 0 aliphatic carbocycles. The number of primary amides is 1. The van der Waals surface area contributed by atoms with Crippen molar-refractivity contribution >= 4 is 11.8 Å². The topological polar surface area (TPSA) is 98.2 Å². The minimum absolute atomic E-state index is 0.116. The van der Waals surface area contributed by atoms with Gasteiger partial charge < -0.3 is 16.8 Å². The van der Waals surface area contributed by atoms with Crippen LogP contribution in [0.5, 0.6) is 0 Å². The molecule has 0 aromatic carbocycles. The third kappa shape index (κ3) is 7.23. The lowest BCUT2D eigenvalue weighted by atomic mass is 10.1. The predicted octanol–water partition coefficient (Wildman–Crippen LogP) is 0.132. The van der Waals surface area contributed by atoms with Gasteiger partial charge in [-0.05, 0) is 31.7 Å². The van der Waals surface area contributed by atoms with E-state index in [9.17, 15) is 9.59 Å². The molecule has 0 radical (unpaired) electrons. The average Bonchev–Trinajstić information content (AvgIpc) is 2.20. The summed E-state index contributed by atoms with van der Waals surface area (Å²) < 4.78 is 0. The maximum absolute atomic E-state index is 11.5. The van der Waals surface area contributed by atoms with Gasteiger partial charge >= 0.3 is 0 Å². The molecule has 0 rings (SSSR count). The zero-order valence-corrected chi connectivity index (χ0v) is 10.2. The van der Waals surface area contributed by atoms with Crippen LogP contribution in [0, 0.1) is 5.92 Å². The highest BCUT2D eigenvalue weighted by molar-refractivity contribution is 5.86. The van der Waals surface area contributed by atoms with Crippen LogP contribution in [0.3, 0.4) is 0 Å². The Morgan fingerprint density at radius 3 is 2.31 bits per heavy atom. The van der Waals surface area contributed by atoms with Gasteiger partial charge in [0, 0.05) is 6.42 Å². The van der Waals surface area contributed by atoms with Gasteiger partial charge in [0.05, 0.1) is 0 Å². The molecule has 0 bridgehead atoms. The first-order valence-corrected chi connectivity index (χ1v) is 5.76. The molecule has 0 aliphatic heterocycles. The monoisotopic (exact) mass is 229 g/mol. The van der Waals surface area contributed by atoms with Crippen LogP contribution in [0.2, 0.25) is 0 Å². The Hall–Kier alpha value is -1.10. The van der Waals surface area contributed by atoms with E-state index in [0.717, 1.165) is 6.42 Å². The highest BCUT2D eigenvalue weighted by Gasteiger charge is 2.17. The Bertz CT molecular complexity index is 229. The van der Waals surface area contributed by atoms with Crippen LogP contribution in [0.4, 0.5) is 0 Å². The molecule has 0 fully saturated rings. The third-order valence-corrected chi connectivity index (χ3v) is 2.32. The van der Waals surface area contributed by atoms with Crippen LogP contribution < -0.4 is 16.8 Å². The maximum atomic E-state index is 11.5. The van der Waals surface area contributed by atoms with Gasteiger partial charge in [0.15, 0.2) is 0 Å². The molecule has 5 N–H and O–H groups in total. The zero-order chi connectivity index (χ0) is 12.6. The first-order valence-electron chi connectivity index (χ1n) is 5.76. The molecule has 0 spiro atoms.